The Kier molecular flexibility index (Phi) is 6.32. The molecule has 178 valence electrons. The normalized spacial score (nSPS) is 15.3. The van der Waals surface area contributed by atoms with Crippen molar-refractivity contribution in [2.45, 2.75) is 45.3 Å². The maximum absolute atomic E-state index is 13.7. The summed E-state index contributed by atoms with van der Waals surface area (Å²) in [5.41, 5.74) is 2.70. The molecule has 0 fully saturated rings. The van der Waals surface area contributed by atoms with Crippen molar-refractivity contribution in [3.8, 4) is 0 Å². The summed E-state index contributed by atoms with van der Waals surface area (Å²) < 4.78 is 5.58. The molecule has 0 aliphatic carbocycles. The molecule has 0 radical (unpaired) electrons. The van der Waals surface area contributed by atoms with Crippen LogP contribution in [-0.2, 0) is 27.2 Å². The van der Waals surface area contributed by atoms with Crippen LogP contribution in [0.4, 0.5) is 10.5 Å². The van der Waals surface area contributed by atoms with Crippen molar-refractivity contribution in [3.05, 3.63) is 65.9 Å². The fourth-order valence-electron chi connectivity index (χ4n) is 4.36. The van der Waals surface area contributed by atoms with Crippen molar-refractivity contribution in [3.63, 3.8) is 0 Å². The highest BCUT2D eigenvalue weighted by Crippen LogP contribution is 2.34. The molecular formula is C26H29N3O5. The molecule has 4 rings (SSSR count). The number of H-pyrrole nitrogens is 1. The van der Waals surface area contributed by atoms with Crippen LogP contribution in [0.1, 0.15) is 31.9 Å². The molecule has 0 saturated carbocycles. The Morgan fingerprint density at radius 2 is 1.82 bits per heavy atom. The Bertz CT molecular complexity index is 1230. The topological polar surface area (TPSA) is 103 Å². The first-order valence-corrected chi connectivity index (χ1v) is 11.3. The first-order chi connectivity index (χ1) is 16.1. The van der Waals surface area contributed by atoms with Gasteiger partial charge in [-0.3, -0.25) is 14.5 Å². The second-order valence-corrected chi connectivity index (χ2v) is 9.46. The van der Waals surface area contributed by atoms with Crippen LogP contribution in [0.15, 0.2) is 54.7 Å². The number of carboxylic acid groups (broad SMARTS) is 1. The number of carbonyl (C=O) groups is 3. The largest absolute Gasteiger partial charge is 0.480 e. The number of nitrogens with zero attached hydrogens (tertiary/aromatic N) is 2. The number of carboxylic acids is 1. The fraction of sp³-hybridized carbons (Fsp3) is 0.346. The predicted octanol–water partition coefficient (Wildman–Crippen LogP) is 3.99. The molecular weight excluding hydrogens is 434 g/mol. The summed E-state index contributed by atoms with van der Waals surface area (Å²) in [6.45, 7) is 5.06. The van der Waals surface area contributed by atoms with Crippen LogP contribution in [0.3, 0.4) is 0 Å². The van der Waals surface area contributed by atoms with E-state index in [-0.39, 0.29) is 6.54 Å². The predicted molar refractivity (Wildman–Crippen MR) is 129 cm³/mol. The van der Waals surface area contributed by atoms with Crippen molar-refractivity contribution < 1.29 is 24.2 Å². The number of anilines is 1. The van der Waals surface area contributed by atoms with Crippen LogP contribution in [0, 0.1) is 0 Å². The van der Waals surface area contributed by atoms with E-state index in [1.807, 2.05) is 42.6 Å². The van der Waals surface area contributed by atoms with Gasteiger partial charge in [-0.1, -0.05) is 36.4 Å². The molecule has 8 nitrogen and oxygen atoms in total. The summed E-state index contributed by atoms with van der Waals surface area (Å²) in [6, 6.07) is 14.3. The Balaban J connectivity index is 1.59. The van der Waals surface area contributed by atoms with E-state index in [4.69, 9.17) is 4.74 Å². The Hall–Kier alpha value is -3.81. The van der Waals surface area contributed by atoms with E-state index in [2.05, 4.69) is 4.98 Å². The minimum absolute atomic E-state index is 0.210. The summed E-state index contributed by atoms with van der Waals surface area (Å²) in [6.07, 6.45) is 2.04. The summed E-state index contributed by atoms with van der Waals surface area (Å²) >= 11 is 0. The van der Waals surface area contributed by atoms with Crippen LogP contribution < -0.4 is 4.90 Å². The molecule has 8 heteroatoms. The summed E-state index contributed by atoms with van der Waals surface area (Å²) in [7, 11) is 0. The van der Waals surface area contributed by atoms with Gasteiger partial charge in [0.15, 0.2) is 0 Å². The Labute approximate surface area is 198 Å². The number of aromatic amines is 1. The lowest BCUT2D eigenvalue weighted by atomic mass is 10.1. The Morgan fingerprint density at radius 1 is 1.12 bits per heavy atom. The maximum atomic E-state index is 13.7. The van der Waals surface area contributed by atoms with Gasteiger partial charge < -0.3 is 19.7 Å². The molecule has 1 aliphatic rings. The van der Waals surface area contributed by atoms with Crippen LogP contribution >= 0.6 is 0 Å². The summed E-state index contributed by atoms with van der Waals surface area (Å²) in [4.78, 5) is 44.2. The van der Waals surface area contributed by atoms with Crippen LogP contribution in [-0.4, -0.2) is 57.7 Å². The lowest BCUT2D eigenvalue weighted by Gasteiger charge is -2.31. The monoisotopic (exact) mass is 463 g/mol. The van der Waals surface area contributed by atoms with E-state index in [0.29, 0.717) is 18.5 Å². The highest BCUT2D eigenvalue weighted by atomic mass is 16.6. The van der Waals surface area contributed by atoms with Gasteiger partial charge in [-0.15, -0.1) is 0 Å². The molecule has 2 N–H and O–H groups in total. The zero-order chi connectivity index (χ0) is 24.5. The number of benzene rings is 2. The van der Waals surface area contributed by atoms with E-state index in [9.17, 15) is 19.5 Å². The van der Waals surface area contributed by atoms with Crippen LogP contribution in [0.5, 0.6) is 0 Å². The van der Waals surface area contributed by atoms with E-state index in [1.54, 1.807) is 32.9 Å². The van der Waals surface area contributed by atoms with E-state index >= 15 is 0 Å². The van der Waals surface area contributed by atoms with E-state index < -0.39 is 36.2 Å². The molecule has 2 heterocycles. The van der Waals surface area contributed by atoms with Gasteiger partial charge in [0, 0.05) is 30.1 Å². The lowest BCUT2D eigenvalue weighted by Crippen LogP contribution is -2.52. The zero-order valence-corrected chi connectivity index (χ0v) is 19.6. The SMILES string of the molecule is CC(C)(C)OC(=O)N1c2ccccc2C[C@@H]1C(=O)N(CCc1c[nH]c2ccccc12)CC(=O)O. The number of para-hydroxylation sites is 2. The summed E-state index contributed by atoms with van der Waals surface area (Å²) in [5, 5.41) is 10.5. The number of carbonyl (C=O) groups excluding carboxylic acids is 2. The first kappa shape index (κ1) is 23.4. The van der Waals surface area contributed by atoms with Crippen molar-refractivity contribution in [2.24, 2.45) is 0 Å². The Morgan fingerprint density at radius 3 is 2.56 bits per heavy atom. The van der Waals surface area contributed by atoms with Gasteiger partial charge in [0.1, 0.15) is 18.2 Å². The van der Waals surface area contributed by atoms with E-state index in [1.165, 1.54) is 9.80 Å². The number of hydrogen-bond donors (Lipinski definition) is 2. The highest BCUT2D eigenvalue weighted by molar-refractivity contribution is 6.01. The molecule has 0 spiro atoms. The number of aliphatic carboxylic acids is 1. The van der Waals surface area contributed by atoms with Crippen molar-refractivity contribution in [2.75, 3.05) is 18.0 Å². The van der Waals surface area contributed by atoms with Gasteiger partial charge in [0.25, 0.3) is 0 Å². The van der Waals surface area contributed by atoms with Gasteiger partial charge in [0.05, 0.1) is 5.69 Å². The van der Waals surface area contributed by atoms with Gasteiger partial charge in [-0.05, 0) is 50.5 Å². The van der Waals surface area contributed by atoms with Crippen molar-refractivity contribution >= 4 is 34.6 Å². The third-order valence-corrected chi connectivity index (χ3v) is 5.82. The average Bonchev–Trinajstić information content (AvgIpc) is 3.36. The lowest BCUT2D eigenvalue weighted by molar-refractivity contribution is -0.144. The molecule has 34 heavy (non-hydrogen) atoms. The van der Waals surface area contributed by atoms with E-state index in [0.717, 1.165) is 22.0 Å². The van der Waals surface area contributed by atoms with Crippen LogP contribution in [0.25, 0.3) is 10.9 Å². The van der Waals surface area contributed by atoms with Gasteiger partial charge in [-0.25, -0.2) is 4.79 Å². The minimum atomic E-state index is -1.10. The molecule has 0 saturated heterocycles. The minimum Gasteiger partial charge on any atom is -0.480 e. The van der Waals surface area contributed by atoms with Gasteiger partial charge >= 0.3 is 12.1 Å². The standard InChI is InChI=1S/C26H29N3O5/c1-26(2,3)34-25(33)29-21-11-7-4-8-17(21)14-22(29)24(32)28(16-23(30)31)13-12-18-15-27-20-10-6-5-9-19(18)20/h4-11,15,22,27H,12-14,16H2,1-3H3,(H,30,31)/t22-/m1/s1. The second-order valence-electron chi connectivity index (χ2n) is 9.46. The molecule has 1 atom stereocenters. The quantitative estimate of drug-likeness (QED) is 0.575. The fourth-order valence-corrected chi connectivity index (χ4v) is 4.36. The molecule has 2 aromatic carbocycles. The molecule has 3 aromatic rings. The highest BCUT2D eigenvalue weighted by Gasteiger charge is 2.42. The number of rotatable bonds is 6. The number of hydrogen-bond acceptors (Lipinski definition) is 4. The number of nitrogens with one attached hydrogen (secondary N) is 1. The number of aromatic nitrogens is 1. The smallest absolute Gasteiger partial charge is 0.415 e. The third kappa shape index (κ3) is 4.90. The van der Waals surface area contributed by atoms with Gasteiger partial charge in [-0.2, -0.15) is 0 Å². The third-order valence-electron chi connectivity index (χ3n) is 5.82. The molecule has 0 bridgehead atoms. The molecule has 2 amide bonds. The zero-order valence-electron chi connectivity index (χ0n) is 19.6. The summed E-state index contributed by atoms with van der Waals surface area (Å²) in [5.74, 6) is -1.52. The number of fused-ring (bicyclic) bond motifs is 2. The average molecular weight is 464 g/mol. The van der Waals surface area contributed by atoms with Crippen molar-refractivity contribution in [1.82, 2.24) is 9.88 Å². The second kappa shape index (κ2) is 9.21. The number of ether oxygens (including phenoxy) is 1. The molecule has 1 aromatic heterocycles. The maximum Gasteiger partial charge on any atom is 0.415 e. The van der Waals surface area contributed by atoms with Gasteiger partial charge in [0.2, 0.25) is 5.91 Å². The van der Waals surface area contributed by atoms with Crippen LogP contribution in [0.2, 0.25) is 0 Å². The molecule has 0 unspecified atom stereocenters. The molecule has 1 aliphatic heterocycles. The number of amides is 2. The van der Waals surface area contributed by atoms with Crippen molar-refractivity contribution in [1.29, 1.82) is 0 Å². The first-order valence-electron chi connectivity index (χ1n) is 11.3.